The predicted octanol–water partition coefficient (Wildman–Crippen LogP) is 0.0118. The Hall–Kier alpha value is -1.32. The standard InChI is InChI=1S/C5H5NO3/c7-5(8)4-3-6-1-2-9-4/h1-4H,(H,7,8). The van der Waals surface area contributed by atoms with Crippen LogP contribution in [0.5, 0.6) is 0 Å². The van der Waals surface area contributed by atoms with E-state index >= 15 is 0 Å². The van der Waals surface area contributed by atoms with Crippen molar-refractivity contribution in [3.63, 3.8) is 0 Å². The van der Waals surface area contributed by atoms with Crippen molar-refractivity contribution in [3.05, 3.63) is 12.5 Å². The minimum absolute atomic E-state index is 0.907. The number of aliphatic imine (C=N–C) groups is 1. The zero-order valence-corrected chi connectivity index (χ0v) is 4.52. The van der Waals surface area contributed by atoms with Gasteiger partial charge in [0.25, 0.3) is 0 Å². The molecule has 0 spiro atoms. The zero-order valence-electron chi connectivity index (χ0n) is 4.52. The van der Waals surface area contributed by atoms with Gasteiger partial charge in [-0.2, -0.15) is 0 Å². The first-order valence-corrected chi connectivity index (χ1v) is 2.37. The number of carboxylic acid groups (broad SMARTS) is 1. The molecule has 0 fully saturated rings. The van der Waals surface area contributed by atoms with E-state index in [0.29, 0.717) is 0 Å². The number of carbonyl (C=O) groups is 1. The van der Waals surface area contributed by atoms with Gasteiger partial charge >= 0.3 is 5.97 Å². The number of hydrogen-bond donors (Lipinski definition) is 1. The minimum atomic E-state index is -1.02. The van der Waals surface area contributed by atoms with E-state index in [-0.39, 0.29) is 0 Å². The SMILES string of the molecule is O=C(O)C1C=NC=CO1. The fourth-order valence-corrected chi connectivity index (χ4v) is 0.440. The summed E-state index contributed by atoms with van der Waals surface area (Å²) in [6.45, 7) is 0. The van der Waals surface area contributed by atoms with Crippen LogP contribution >= 0.6 is 0 Å². The van der Waals surface area contributed by atoms with Gasteiger partial charge in [0.2, 0.25) is 6.10 Å². The molecule has 1 atom stereocenters. The molecule has 4 heteroatoms. The van der Waals surface area contributed by atoms with E-state index < -0.39 is 12.1 Å². The van der Waals surface area contributed by atoms with Crippen molar-refractivity contribution in [2.24, 2.45) is 4.99 Å². The average Bonchev–Trinajstić information content (AvgIpc) is 1.90. The Kier molecular flexibility index (Phi) is 1.48. The Labute approximate surface area is 51.5 Å². The lowest BCUT2D eigenvalue weighted by molar-refractivity contribution is -0.143. The van der Waals surface area contributed by atoms with E-state index in [4.69, 9.17) is 5.11 Å². The summed E-state index contributed by atoms with van der Waals surface area (Å²) in [6, 6.07) is 0. The summed E-state index contributed by atoms with van der Waals surface area (Å²) in [5, 5.41) is 8.29. The molecule has 0 amide bonds. The van der Waals surface area contributed by atoms with Gasteiger partial charge in [-0.05, 0) is 0 Å². The van der Waals surface area contributed by atoms with Crippen LogP contribution in [-0.2, 0) is 9.53 Å². The third-order valence-electron chi connectivity index (χ3n) is 0.837. The summed E-state index contributed by atoms with van der Waals surface area (Å²) >= 11 is 0. The molecule has 1 rings (SSSR count). The van der Waals surface area contributed by atoms with Gasteiger partial charge in [-0.1, -0.05) is 0 Å². The summed E-state index contributed by atoms with van der Waals surface area (Å²) < 4.78 is 4.61. The topological polar surface area (TPSA) is 58.9 Å². The van der Waals surface area contributed by atoms with Crippen LogP contribution in [0.15, 0.2) is 17.5 Å². The van der Waals surface area contributed by atoms with E-state index in [1.807, 2.05) is 0 Å². The van der Waals surface area contributed by atoms with Gasteiger partial charge < -0.3 is 9.84 Å². The maximum absolute atomic E-state index is 10.1. The van der Waals surface area contributed by atoms with Gasteiger partial charge in [-0.3, -0.25) is 4.99 Å². The molecule has 0 bridgehead atoms. The molecular weight excluding hydrogens is 122 g/mol. The van der Waals surface area contributed by atoms with Gasteiger partial charge in [0.15, 0.2) is 0 Å². The average molecular weight is 127 g/mol. The summed E-state index contributed by atoms with van der Waals surface area (Å²) in [4.78, 5) is 13.7. The Bertz CT molecular complexity index is 173. The molecule has 0 radical (unpaired) electrons. The van der Waals surface area contributed by atoms with E-state index in [9.17, 15) is 4.79 Å². The molecule has 0 saturated heterocycles. The first-order chi connectivity index (χ1) is 4.30. The molecule has 0 aromatic heterocycles. The molecule has 0 aliphatic carbocycles. The van der Waals surface area contributed by atoms with Crippen LogP contribution in [0.3, 0.4) is 0 Å². The second-order valence-electron chi connectivity index (χ2n) is 1.48. The summed E-state index contributed by atoms with van der Waals surface area (Å²) in [7, 11) is 0. The molecule has 48 valence electrons. The van der Waals surface area contributed by atoms with Crippen LogP contribution in [0, 0.1) is 0 Å². The van der Waals surface area contributed by atoms with Crippen LogP contribution in [0.4, 0.5) is 0 Å². The summed E-state index contributed by atoms with van der Waals surface area (Å²) in [6.07, 6.45) is 2.95. The van der Waals surface area contributed by atoms with Gasteiger partial charge in [-0.25, -0.2) is 4.79 Å². The van der Waals surface area contributed by atoms with Crippen LogP contribution in [0.2, 0.25) is 0 Å². The maximum atomic E-state index is 10.1. The molecule has 1 aliphatic heterocycles. The Morgan fingerprint density at radius 1 is 1.78 bits per heavy atom. The summed E-state index contributed by atoms with van der Waals surface area (Å²) in [5.74, 6) is -1.02. The second-order valence-corrected chi connectivity index (χ2v) is 1.48. The van der Waals surface area contributed by atoms with Crippen LogP contribution < -0.4 is 0 Å². The molecule has 1 heterocycles. The molecular formula is C5H5NO3. The third-order valence-corrected chi connectivity index (χ3v) is 0.837. The molecule has 9 heavy (non-hydrogen) atoms. The monoisotopic (exact) mass is 127 g/mol. The van der Waals surface area contributed by atoms with Crippen molar-refractivity contribution in [2.75, 3.05) is 0 Å². The molecule has 1 N–H and O–H groups in total. The fourth-order valence-electron chi connectivity index (χ4n) is 0.440. The Morgan fingerprint density at radius 2 is 2.56 bits per heavy atom. The maximum Gasteiger partial charge on any atom is 0.350 e. The van der Waals surface area contributed by atoms with E-state index in [0.717, 1.165) is 0 Å². The molecule has 0 saturated carbocycles. The lowest BCUT2D eigenvalue weighted by Gasteiger charge is -2.07. The largest absolute Gasteiger partial charge is 0.479 e. The lowest BCUT2D eigenvalue weighted by atomic mass is 10.4. The molecule has 0 aromatic carbocycles. The highest BCUT2D eigenvalue weighted by atomic mass is 16.5. The quantitative estimate of drug-likeness (QED) is 0.539. The minimum Gasteiger partial charge on any atom is -0.479 e. The second kappa shape index (κ2) is 2.30. The van der Waals surface area contributed by atoms with Crippen molar-refractivity contribution < 1.29 is 14.6 Å². The highest BCUT2D eigenvalue weighted by Crippen LogP contribution is 1.95. The normalized spacial score (nSPS) is 23.3. The van der Waals surface area contributed by atoms with E-state index in [2.05, 4.69) is 9.73 Å². The smallest absolute Gasteiger partial charge is 0.350 e. The number of aliphatic carboxylic acids is 1. The fraction of sp³-hybridized carbons (Fsp3) is 0.200. The molecule has 4 nitrogen and oxygen atoms in total. The number of rotatable bonds is 1. The van der Waals surface area contributed by atoms with Gasteiger partial charge in [0.05, 0.1) is 12.4 Å². The number of nitrogens with zero attached hydrogens (tertiary/aromatic N) is 1. The van der Waals surface area contributed by atoms with Crippen molar-refractivity contribution in [1.29, 1.82) is 0 Å². The van der Waals surface area contributed by atoms with Crippen LogP contribution in [0.1, 0.15) is 0 Å². The van der Waals surface area contributed by atoms with E-state index in [1.165, 1.54) is 18.7 Å². The van der Waals surface area contributed by atoms with Gasteiger partial charge in [0, 0.05) is 0 Å². The zero-order chi connectivity index (χ0) is 6.69. The third kappa shape index (κ3) is 1.28. The van der Waals surface area contributed by atoms with Gasteiger partial charge in [0.1, 0.15) is 6.26 Å². The van der Waals surface area contributed by atoms with Crippen molar-refractivity contribution >= 4 is 12.2 Å². The van der Waals surface area contributed by atoms with E-state index in [1.54, 1.807) is 0 Å². The van der Waals surface area contributed by atoms with Crippen molar-refractivity contribution in [3.8, 4) is 0 Å². The Morgan fingerprint density at radius 3 is 2.89 bits per heavy atom. The van der Waals surface area contributed by atoms with Crippen LogP contribution in [0.25, 0.3) is 0 Å². The Balaban J connectivity index is 2.56. The molecule has 1 aliphatic rings. The van der Waals surface area contributed by atoms with Gasteiger partial charge in [-0.15, -0.1) is 0 Å². The lowest BCUT2D eigenvalue weighted by Crippen LogP contribution is -2.24. The number of carboxylic acids is 1. The first kappa shape index (κ1) is 5.81. The van der Waals surface area contributed by atoms with Crippen LogP contribution in [-0.4, -0.2) is 23.4 Å². The highest BCUT2D eigenvalue weighted by Gasteiger charge is 2.15. The number of ether oxygens (including phenoxy) is 1. The van der Waals surface area contributed by atoms with Crippen molar-refractivity contribution in [2.45, 2.75) is 6.10 Å². The number of hydrogen-bond acceptors (Lipinski definition) is 3. The van der Waals surface area contributed by atoms with Crippen molar-refractivity contribution in [1.82, 2.24) is 0 Å². The highest BCUT2D eigenvalue weighted by molar-refractivity contribution is 5.92. The summed E-state index contributed by atoms with van der Waals surface area (Å²) in [5.41, 5.74) is 0. The molecule has 0 aromatic rings. The molecule has 1 unspecified atom stereocenters. The first-order valence-electron chi connectivity index (χ1n) is 2.37. The predicted molar refractivity (Wildman–Crippen MR) is 30.1 cm³/mol.